The van der Waals surface area contributed by atoms with E-state index in [-0.39, 0.29) is 25.9 Å². The van der Waals surface area contributed by atoms with Crippen LogP contribution in [0.25, 0.3) is 0 Å². The van der Waals surface area contributed by atoms with E-state index in [4.69, 9.17) is 33.2 Å². The van der Waals surface area contributed by atoms with Gasteiger partial charge in [-0.25, -0.2) is 19.2 Å². The topological polar surface area (TPSA) is 286 Å². The molecule has 0 radical (unpaired) electrons. The first-order valence-corrected chi connectivity index (χ1v) is 37.7. The third kappa shape index (κ3) is 40.8. The van der Waals surface area contributed by atoms with Gasteiger partial charge in [-0.2, -0.15) is 0 Å². The van der Waals surface area contributed by atoms with Gasteiger partial charge in [-0.15, -0.1) is 0 Å². The number of benzene rings is 2. The number of hydrogen-bond donors (Lipinski definition) is 5. The van der Waals surface area contributed by atoms with Crippen molar-refractivity contribution in [3.8, 4) is 11.5 Å². The maximum atomic E-state index is 14.0. The van der Waals surface area contributed by atoms with Crippen molar-refractivity contribution < 1.29 is 86.8 Å². The average molecular weight is 1420 g/mol. The number of carbonyl (C=O) groups excluding carboxylic acids is 8. The van der Waals surface area contributed by atoms with Crippen molar-refractivity contribution >= 4 is 47.3 Å². The summed E-state index contributed by atoms with van der Waals surface area (Å²) in [7, 11) is 3.90. The van der Waals surface area contributed by atoms with Gasteiger partial charge in [-0.1, -0.05) is 166 Å². The number of rotatable bonds is 55. The maximum absolute atomic E-state index is 14.0. The SMILES string of the molecule is CCCCCCCC(=O)CCCCCC/C=C/[C@H](C(=O)N[C@@H](Cc1ccc(OCCCC)cc1)C(=O)OC)[C@@](O)(CCO)C(=O)OC(C)(C)C.CCCCCCCC(=O)CCCCCC/C=C/[C@H](C(=O)N[C@@H](Cc1ccc(OCCCC)cc1)C(=O)OC)[C@@](O)(CCOC)C(=O)OC(C)(C)C. The molecule has 0 aliphatic heterocycles. The van der Waals surface area contributed by atoms with E-state index in [1.54, 1.807) is 78.0 Å². The third-order valence-electron chi connectivity index (χ3n) is 17.1. The van der Waals surface area contributed by atoms with E-state index >= 15 is 0 Å². The number of amides is 2. The second-order valence-electron chi connectivity index (χ2n) is 28.5. The number of unbranched alkanes of at least 4 members (excludes halogenated alkanes) is 18. The Morgan fingerprint density at radius 1 is 0.436 bits per heavy atom. The quantitative estimate of drug-likeness (QED) is 0.0178. The van der Waals surface area contributed by atoms with Gasteiger partial charge in [0.25, 0.3) is 0 Å². The Kier molecular flexibility index (Phi) is 48.9. The van der Waals surface area contributed by atoms with Crippen LogP contribution in [0.15, 0.2) is 72.8 Å². The fraction of sp³-hybridized carbons (Fsp3) is 0.704. The highest BCUT2D eigenvalue weighted by molar-refractivity contribution is 5.94. The monoisotopic (exact) mass is 1420 g/mol. The first kappa shape index (κ1) is 92.5. The van der Waals surface area contributed by atoms with Gasteiger partial charge in [0.2, 0.25) is 11.8 Å². The van der Waals surface area contributed by atoms with Gasteiger partial charge in [-0.3, -0.25) is 19.2 Å². The second-order valence-corrected chi connectivity index (χ2v) is 28.5. The number of methoxy groups -OCH3 is 3. The first-order valence-electron chi connectivity index (χ1n) is 37.7. The fourth-order valence-electron chi connectivity index (χ4n) is 11.1. The van der Waals surface area contributed by atoms with Crippen LogP contribution in [0, 0.1) is 11.8 Å². The smallest absolute Gasteiger partial charge is 0.339 e. The summed E-state index contributed by atoms with van der Waals surface area (Å²) in [6, 6.07) is 12.2. The van der Waals surface area contributed by atoms with E-state index in [0.29, 0.717) is 74.8 Å². The summed E-state index contributed by atoms with van der Waals surface area (Å²) in [6.07, 6.45) is 31.8. The van der Waals surface area contributed by atoms with Crippen LogP contribution in [-0.4, -0.2) is 145 Å². The second kappa shape index (κ2) is 53.3. The Balaban J connectivity index is 0.00000101. The molecule has 2 rings (SSSR count). The maximum Gasteiger partial charge on any atom is 0.339 e. The number of nitrogens with one attached hydrogen (secondary N) is 2. The minimum absolute atomic E-state index is 0.0159. The van der Waals surface area contributed by atoms with Gasteiger partial charge in [0.1, 0.15) is 46.4 Å². The molecule has 0 saturated heterocycles. The number of carbonyl (C=O) groups is 8. The number of aliphatic hydroxyl groups excluding tert-OH is 1. The molecule has 2 aromatic rings. The zero-order valence-corrected chi connectivity index (χ0v) is 64.2. The largest absolute Gasteiger partial charge is 0.494 e. The van der Waals surface area contributed by atoms with Crippen molar-refractivity contribution in [1.29, 1.82) is 0 Å². The predicted octanol–water partition coefficient (Wildman–Crippen LogP) is 14.6. The van der Waals surface area contributed by atoms with E-state index < -0.39 is 95.0 Å². The standard InChI is InChI=1S/C41H67NO9.C40H65NO9/c1-8-10-12-15-18-21-33(43)22-19-16-13-14-17-20-23-35(41(47,28-30-48-6)39(46)51-40(3,4)5)37(44)42-36(38(45)49-7)31-32-24-26-34(27-25-32)50-29-11-9-2;1-7-9-11-14-17-20-32(43)21-18-15-12-13-16-19-22-34(40(47,27-28-42)38(46)50-39(3,4)5)36(44)41-35(37(45)48-6)30-31-23-25-33(26-24-31)49-29-10-8-2/h20,23-27,35-36,47H,8-19,21-22,28-31H2,1-7H3,(H,42,44);19,22-26,34-35,42,47H,7-18,20-21,27-30H2,1-6H3,(H,41,44)/b23-20+;22-19+/t35-,36+,41+;34-,35+,40+/m11/s1. The van der Waals surface area contributed by atoms with Crippen molar-refractivity contribution in [2.45, 2.75) is 309 Å². The van der Waals surface area contributed by atoms with Gasteiger partial charge in [-0.05, 0) is 141 Å². The van der Waals surface area contributed by atoms with E-state index in [1.807, 2.05) is 24.3 Å². The number of ether oxygens (including phenoxy) is 7. The number of hydrogen-bond acceptors (Lipinski definition) is 18. The van der Waals surface area contributed by atoms with E-state index in [9.17, 15) is 53.7 Å². The lowest BCUT2D eigenvalue weighted by atomic mass is 9.82. The molecule has 2 aromatic carbocycles. The molecule has 0 bridgehead atoms. The molecular weight excluding hydrogens is 1290 g/mol. The summed E-state index contributed by atoms with van der Waals surface area (Å²) < 4.78 is 37.7. The summed E-state index contributed by atoms with van der Waals surface area (Å²) in [5.41, 5.74) is -5.09. The molecular formula is C81H132N2O18. The summed E-state index contributed by atoms with van der Waals surface area (Å²) in [5, 5.41) is 38.9. The zero-order chi connectivity index (χ0) is 75.5. The molecule has 0 fully saturated rings. The molecule has 6 atom stereocenters. The summed E-state index contributed by atoms with van der Waals surface area (Å²) in [5.74, 6) is -5.69. The van der Waals surface area contributed by atoms with Crippen LogP contribution in [-0.2, 0) is 74.9 Å². The van der Waals surface area contributed by atoms with E-state index in [0.717, 1.165) is 114 Å². The molecule has 5 N–H and O–H groups in total. The van der Waals surface area contributed by atoms with Crippen LogP contribution in [0.1, 0.15) is 273 Å². The lowest BCUT2D eigenvalue weighted by Crippen LogP contribution is -2.56. The molecule has 101 heavy (non-hydrogen) atoms. The minimum Gasteiger partial charge on any atom is -0.494 e. The lowest BCUT2D eigenvalue weighted by molar-refractivity contribution is -0.185. The molecule has 0 unspecified atom stereocenters. The molecule has 20 nitrogen and oxygen atoms in total. The highest BCUT2D eigenvalue weighted by Gasteiger charge is 2.51. The van der Waals surface area contributed by atoms with Crippen molar-refractivity contribution in [3.05, 3.63) is 84.0 Å². The molecule has 0 aliphatic carbocycles. The Morgan fingerprint density at radius 2 is 0.762 bits per heavy atom. The molecule has 0 heterocycles. The predicted molar refractivity (Wildman–Crippen MR) is 396 cm³/mol. The Labute approximate surface area is 606 Å². The van der Waals surface area contributed by atoms with Gasteiger partial charge < -0.3 is 59.1 Å². The highest BCUT2D eigenvalue weighted by Crippen LogP contribution is 2.31. The Bertz CT molecular complexity index is 2700. The van der Waals surface area contributed by atoms with Crippen LogP contribution in [0.4, 0.5) is 0 Å². The van der Waals surface area contributed by atoms with Gasteiger partial charge >= 0.3 is 23.9 Å². The summed E-state index contributed by atoms with van der Waals surface area (Å²) in [4.78, 5) is 105. The van der Waals surface area contributed by atoms with Crippen molar-refractivity contribution in [1.82, 2.24) is 10.6 Å². The van der Waals surface area contributed by atoms with Crippen LogP contribution in [0.3, 0.4) is 0 Å². The Morgan fingerprint density at radius 3 is 1.07 bits per heavy atom. The lowest BCUT2D eigenvalue weighted by Gasteiger charge is -2.35. The number of allylic oxidation sites excluding steroid dienone is 2. The molecule has 0 spiro atoms. The van der Waals surface area contributed by atoms with Crippen LogP contribution < -0.4 is 20.1 Å². The molecule has 0 saturated carbocycles. The first-order chi connectivity index (χ1) is 48.1. The van der Waals surface area contributed by atoms with Crippen molar-refractivity contribution in [2.24, 2.45) is 11.8 Å². The number of esters is 4. The molecule has 0 aromatic heterocycles. The van der Waals surface area contributed by atoms with Gasteiger partial charge in [0, 0.05) is 71.7 Å². The van der Waals surface area contributed by atoms with Crippen molar-refractivity contribution in [2.75, 3.05) is 47.8 Å². The molecule has 574 valence electrons. The highest BCUT2D eigenvalue weighted by atomic mass is 16.6. The number of aliphatic hydroxyl groups is 3. The summed E-state index contributed by atoms with van der Waals surface area (Å²) in [6.45, 7) is 19.1. The average Bonchev–Trinajstić information content (AvgIpc) is 0.802. The van der Waals surface area contributed by atoms with Gasteiger partial charge in [0.15, 0.2) is 11.2 Å². The van der Waals surface area contributed by atoms with Gasteiger partial charge in [0.05, 0.1) is 39.3 Å². The summed E-state index contributed by atoms with van der Waals surface area (Å²) >= 11 is 0. The van der Waals surface area contributed by atoms with E-state index in [2.05, 4.69) is 38.3 Å². The number of ketones is 2. The molecule has 2 amide bonds. The molecule has 20 heteroatoms. The fourth-order valence-corrected chi connectivity index (χ4v) is 11.1. The van der Waals surface area contributed by atoms with Crippen LogP contribution in [0.2, 0.25) is 0 Å². The Hall–Kier alpha value is -6.48. The van der Waals surface area contributed by atoms with Crippen LogP contribution in [0.5, 0.6) is 11.5 Å². The third-order valence-corrected chi connectivity index (χ3v) is 17.1. The van der Waals surface area contributed by atoms with Crippen LogP contribution >= 0.6 is 0 Å². The van der Waals surface area contributed by atoms with E-state index in [1.165, 1.54) is 72.0 Å². The normalized spacial score (nSPS) is 14.1. The molecule has 0 aliphatic rings. The number of Topliss-reactive ketones (excluding diaryl/α,β-unsaturated/α-hetero) is 2. The van der Waals surface area contributed by atoms with Crippen molar-refractivity contribution in [3.63, 3.8) is 0 Å². The zero-order valence-electron chi connectivity index (χ0n) is 64.2. The minimum atomic E-state index is -2.41.